The maximum atomic E-state index is 14.5. The minimum atomic E-state index is -0.319. The molecule has 0 bridgehead atoms. The van der Waals surface area contributed by atoms with Gasteiger partial charge in [-0.05, 0) is 74.4 Å². The summed E-state index contributed by atoms with van der Waals surface area (Å²) in [5.74, 6) is 0.139. The normalized spacial score (nSPS) is 17.4. The van der Waals surface area contributed by atoms with E-state index in [1.54, 1.807) is 6.07 Å². The fraction of sp³-hybridized carbons (Fsp3) is 0.464. The molecule has 2 aliphatic rings. The number of benzene rings is 2. The van der Waals surface area contributed by atoms with Gasteiger partial charge in [0.05, 0.1) is 0 Å². The highest BCUT2D eigenvalue weighted by Crippen LogP contribution is 2.32. The molecule has 1 aliphatic carbocycles. The van der Waals surface area contributed by atoms with Crippen molar-refractivity contribution in [3.05, 3.63) is 76.2 Å². The average Bonchev–Trinajstić information content (AvgIpc) is 3.33. The first kappa shape index (κ1) is 23.5. The molecular weight excluding hydrogens is 413 g/mol. The van der Waals surface area contributed by atoms with Crippen molar-refractivity contribution in [1.82, 2.24) is 9.80 Å². The molecule has 0 radical (unpaired) electrons. The summed E-state index contributed by atoms with van der Waals surface area (Å²) in [5.41, 5.74) is 6.26. The van der Waals surface area contributed by atoms with Crippen LogP contribution in [0.2, 0.25) is 0 Å². The number of nitrogens with one attached hydrogen (secondary N) is 1. The van der Waals surface area contributed by atoms with Crippen molar-refractivity contribution in [3.63, 3.8) is 0 Å². The molecule has 0 unspecified atom stereocenters. The topological polar surface area (TPSA) is 35.6 Å². The predicted molar refractivity (Wildman–Crippen MR) is 133 cm³/mol. The van der Waals surface area contributed by atoms with Crippen molar-refractivity contribution in [2.75, 3.05) is 31.5 Å². The van der Waals surface area contributed by atoms with Gasteiger partial charge >= 0.3 is 0 Å². The van der Waals surface area contributed by atoms with E-state index in [0.717, 1.165) is 48.4 Å². The Hall–Kier alpha value is -2.66. The number of carbonyl (C=O) groups is 1. The molecule has 1 saturated carbocycles. The standard InChI is InChI=1S/C28H36FN3O/c1-19-9-10-20(2)26(15-19)28(33)30-27-17-25(29)16-24(21(27)3)18-31-11-13-32(14-12-31)22(4)23-7-5-6-8-23/h9-10,15-17,23H,4-8,11-14,18H2,1-3H3,(H,30,33). The molecule has 1 amide bonds. The van der Waals surface area contributed by atoms with Crippen LogP contribution in [0.3, 0.4) is 0 Å². The highest BCUT2D eigenvalue weighted by Gasteiger charge is 2.25. The molecule has 4 nitrogen and oxygen atoms in total. The van der Waals surface area contributed by atoms with Crippen molar-refractivity contribution in [1.29, 1.82) is 0 Å². The van der Waals surface area contributed by atoms with E-state index in [1.165, 1.54) is 37.4 Å². The third kappa shape index (κ3) is 5.47. The van der Waals surface area contributed by atoms with Gasteiger partial charge in [0.25, 0.3) is 5.91 Å². The Morgan fingerprint density at radius 1 is 1.06 bits per heavy atom. The number of piperazine rings is 1. The fourth-order valence-corrected chi connectivity index (χ4v) is 5.15. The lowest BCUT2D eigenvalue weighted by molar-refractivity contribution is 0.102. The molecule has 0 aromatic heterocycles. The summed E-state index contributed by atoms with van der Waals surface area (Å²) in [6, 6.07) is 8.83. The lowest BCUT2D eigenvalue weighted by Gasteiger charge is -2.39. The van der Waals surface area contributed by atoms with Crippen LogP contribution in [0.5, 0.6) is 0 Å². The number of hydrogen-bond acceptors (Lipinski definition) is 3. The summed E-state index contributed by atoms with van der Waals surface area (Å²) in [5, 5.41) is 2.95. The minimum absolute atomic E-state index is 0.199. The third-order valence-electron chi connectivity index (χ3n) is 7.36. The zero-order chi connectivity index (χ0) is 23.5. The number of halogens is 1. The van der Waals surface area contributed by atoms with E-state index in [9.17, 15) is 9.18 Å². The van der Waals surface area contributed by atoms with Gasteiger partial charge in [-0.15, -0.1) is 0 Å². The maximum Gasteiger partial charge on any atom is 0.255 e. The Kier molecular flexibility index (Phi) is 7.18. The van der Waals surface area contributed by atoms with Crippen molar-refractivity contribution in [2.24, 2.45) is 5.92 Å². The molecule has 1 heterocycles. The van der Waals surface area contributed by atoms with Gasteiger partial charge in [0, 0.05) is 49.7 Å². The Morgan fingerprint density at radius 3 is 2.45 bits per heavy atom. The summed E-state index contributed by atoms with van der Waals surface area (Å²) in [6.07, 6.45) is 5.20. The van der Waals surface area contributed by atoms with Gasteiger partial charge in [-0.1, -0.05) is 37.1 Å². The summed E-state index contributed by atoms with van der Waals surface area (Å²) >= 11 is 0. The Labute approximate surface area is 197 Å². The molecule has 0 spiro atoms. The van der Waals surface area contributed by atoms with E-state index in [0.29, 0.717) is 23.7 Å². The summed E-state index contributed by atoms with van der Waals surface area (Å²) in [7, 11) is 0. The van der Waals surface area contributed by atoms with Crippen LogP contribution >= 0.6 is 0 Å². The number of carbonyl (C=O) groups excluding carboxylic acids is 1. The number of amides is 1. The third-order valence-corrected chi connectivity index (χ3v) is 7.36. The van der Waals surface area contributed by atoms with Crippen molar-refractivity contribution in [3.8, 4) is 0 Å². The van der Waals surface area contributed by atoms with Gasteiger partial charge in [0.15, 0.2) is 0 Å². The second-order valence-electron chi connectivity index (χ2n) is 9.75. The molecule has 1 N–H and O–H groups in total. The highest BCUT2D eigenvalue weighted by molar-refractivity contribution is 6.05. The number of rotatable bonds is 6. The maximum absolute atomic E-state index is 14.5. The number of aryl methyl sites for hydroxylation is 2. The molecule has 2 aromatic rings. The van der Waals surface area contributed by atoms with Crippen molar-refractivity contribution < 1.29 is 9.18 Å². The molecule has 0 atom stereocenters. The zero-order valence-corrected chi connectivity index (χ0v) is 20.2. The molecule has 2 aromatic carbocycles. The van der Waals surface area contributed by atoms with Gasteiger partial charge in [-0.3, -0.25) is 9.69 Å². The molecule has 1 aliphatic heterocycles. The molecule has 33 heavy (non-hydrogen) atoms. The van der Waals surface area contributed by atoms with Crippen LogP contribution in [0.25, 0.3) is 0 Å². The number of hydrogen-bond donors (Lipinski definition) is 1. The summed E-state index contributed by atoms with van der Waals surface area (Å²) < 4.78 is 14.5. The fourth-order valence-electron chi connectivity index (χ4n) is 5.15. The quantitative estimate of drug-likeness (QED) is 0.603. The van der Waals surface area contributed by atoms with Crippen molar-refractivity contribution >= 4 is 11.6 Å². The van der Waals surface area contributed by atoms with Crippen LogP contribution in [0, 0.1) is 32.5 Å². The smallest absolute Gasteiger partial charge is 0.255 e. The summed E-state index contributed by atoms with van der Waals surface area (Å²) in [6.45, 7) is 14.7. The van der Waals surface area contributed by atoms with Crippen LogP contribution in [0.4, 0.5) is 10.1 Å². The van der Waals surface area contributed by atoms with Crippen LogP contribution in [0.15, 0.2) is 42.6 Å². The average molecular weight is 450 g/mol. The Bertz CT molecular complexity index is 1030. The molecular formula is C28H36FN3O. The molecule has 1 saturated heterocycles. The Balaban J connectivity index is 1.41. The van der Waals surface area contributed by atoms with Crippen LogP contribution in [-0.2, 0) is 6.54 Å². The second-order valence-corrected chi connectivity index (χ2v) is 9.75. The van der Waals surface area contributed by atoms with Crippen LogP contribution in [-0.4, -0.2) is 41.9 Å². The molecule has 4 rings (SSSR count). The van der Waals surface area contributed by atoms with E-state index in [-0.39, 0.29) is 11.7 Å². The van der Waals surface area contributed by atoms with Gasteiger partial charge in [0.2, 0.25) is 0 Å². The van der Waals surface area contributed by atoms with Gasteiger partial charge in [0.1, 0.15) is 5.82 Å². The minimum Gasteiger partial charge on any atom is -0.372 e. The first-order chi connectivity index (χ1) is 15.8. The van der Waals surface area contributed by atoms with Crippen LogP contribution < -0.4 is 5.32 Å². The number of anilines is 1. The lowest BCUT2D eigenvalue weighted by atomic mass is 10.0. The van der Waals surface area contributed by atoms with E-state index < -0.39 is 0 Å². The summed E-state index contributed by atoms with van der Waals surface area (Å²) in [4.78, 5) is 17.7. The number of allylic oxidation sites excluding steroid dienone is 1. The first-order valence-electron chi connectivity index (χ1n) is 12.2. The van der Waals surface area contributed by atoms with E-state index >= 15 is 0 Å². The predicted octanol–water partition coefficient (Wildman–Crippen LogP) is 5.82. The second kappa shape index (κ2) is 10.1. The largest absolute Gasteiger partial charge is 0.372 e. The highest BCUT2D eigenvalue weighted by atomic mass is 19.1. The monoisotopic (exact) mass is 449 g/mol. The first-order valence-corrected chi connectivity index (χ1v) is 12.2. The zero-order valence-electron chi connectivity index (χ0n) is 20.2. The van der Waals surface area contributed by atoms with Crippen LogP contribution in [0.1, 0.15) is 58.3 Å². The van der Waals surface area contributed by atoms with E-state index in [4.69, 9.17) is 0 Å². The van der Waals surface area contributed by atoms with Gasteiger partial charge in [-0.25, -0.2) is 4.39 Å². The van der Waals surface area contributed by atoms with E-state index in [1.807, 2.05) is 39.0 Å². The molecule has 2 fully saturated rings. The molecule has 5 heteroatoms. The Morgan fingerprint density at radius 2 is 1.76 bits per heavy atom. The van der Waals surface area contributed by atoms with Crippen molar-refractivity contribution in [2.45, 2.75) is 53.0 Å². The molecule has 176 valence electrons. The van der Waals surface area contributed by atoms with Gasteiger partial charge < -0.3 is 10.2 Å². The SMILES string of the molecule is C=C(C1CCCC1)N1CCN(Cc2cc(F)cc(NC(=O)c3cc(C)ccc3C)c2C)CC1. The number of nitrogens with zero attached hydrogens (tertiary/aromatic N) is 2. The van der Waals surface area contributed by atoms with Gasteiger partial charge in [-0.2, -0.15) is 0 Å². The lowest BCUT2D eigenvalue weighted by Crippen LogP contribution is -2.46. The van der Waals surface area contributed by atoms with E-state index in [2.05, 4.69) is 21.7 Å².